The summed E-state index contributed by atoms with van der Waals surface area (Å²) in [7, 11) is 0. The van der Waals surface area contributed by atoms with Gasteiger partial charge in [-0.05, 0) is 51.1 Å². The van der Waals surface area contributed by atoms with Crippen molar-refractivity contribution in [3.05, 3.63) is 30.1 Å². The number of halogens is 1. The highest BCUT2D eigenvalue weighted by atomic mass is 19.1. The van der Waals surface area contributed by atoms with Crippen LogP contribution in [0, 0.1) is 11.7 Å². The molecule has 0 aliphatic carbocycles. The van der Waals surface area contributed by atoms with E-state index >= 15 is 0 Å². The molecule has 1 aliphatic rings. The summed E-state index contributed by atoms with van der Waals surface area (Å²) in [6.07, 6.45) is 0.873. The van der Waals surface area contributed by atoms with E-state index in [4.69, 9.17) is 0 Å². The van der Waals surface area contributed by atoms with Gasteiger partial charge in [0.1, 0.15) is 5.82 Å². The first kappa shape index (κ1) is 13.0. The Kier molecular flexibility index (Phi) is 3.97. The van der Waals surface area contributed by atoms with Crippen LogP contribution in [0.2, 0.25) is 0 Å². The van der Waals surface area contributed by atoms with E-state index < -0.39 is 0 Å². The molecule has 4 heteroatoms. The zero-order chi connectivity index (χ0) is 13.1. The van der Waals surface area contributed by atoms with Gasteiger partial charge in [0, 0.05) is 18.3 Å². The predicted molar refractivity (Wildman–Crippen MR) is 70.0 cm³/mol. The number of hydrogen-bond acceptors (Lipinski definition) is 2. The summed E-state index contributed by atoms with van der Waals surface area (Å²) in [5.74, 6) is -0.130. The number of anilines is 1. The van der Waals surface area contributed by atoms with Gasteiger partial charge in [-0.15, -0.1) is 0 Å². The van der Waals surface area contributed by atoms with Crippen LogP contribution in [0.5, 0.6) is 0 Å². The lowest BCUT2D eigenvalue weighted by Gasteiger charge is -2.26. The smallest absolute Gasteiger partial charge is 0.231 e. The van der Waals surface area contributed by atoms with Crippen molar-refractivity contribution in [2.75, 3.05) is 18.0 Å². The minimum atomic E-state index is -0.279. The molecule has 1 N–H and O–H groups in total. The van der Waals surface area contributed by atoms with Crippen molar-refractivity contribution >= 4 is 11.6 Å². The first-order valence-corrected chi connectivity index (χ1v) is 6.43. The molecule has 1 aromatic rings. The predicted octanol–water partition coefficient (Wildman–Crippen LogP) is 2.18. The normalized spacial score (nSPS) is 23.1. The van der Waals surface area contributed by atoms with Crippen molar-refractivity contribution in [1.82, 2.24) is 5.32 Å². The molecule has 0 radical (unpaired) electrons. The number of hydrogen-bond donors (Lipinski definition) is 1. The number of carbonyl (C=O) groups excluding carboxylic acids is 1. The van der Waals surface area contributed by atoms with Crippen LogP contribution in [0.1, 0.15) is 20.3 Å². The molecule has 18 heavy (non-hydrogen) atoms. The van der Waals surface area contributed by atoms with Crippen LogP contribution in [0.4, 0.5) is 10.1 Å². The SMILES string of the molecule is CCN(C(=O)C1CCNC1C)c1ccc(F)cc1. The summed E-state index contributed by atoms with van der Waals surface area (Å²) in [5, 5.41) is 3.28. The molecule has 0 bridgehead atoms. The number of nitrogens with zero attached hydrogens (tertiary/aromatic N) is 1. The third kappa shape index (κ3) is 2.53. The van der Waals surface area contributed by atoms with E-state index in [0.717, 1.165) is 18.7 Å². The van der Waals surface area contributed by atoms with E-state index in [9.17, 15) is 9.18 Å². The lowest BCUT2D eigenvalue weighted by atomic mass is 10.00. The van der Waals surface area contributed by atoms with E-state index in [1.807, 2.05) is 13.8 Å². The van der Waals surface area contributed by atoms with Crippen molar-refractivity contribution in [1.29, 1.82) is 0 Å². The van der Waals surface area contributed by atoms with Crippen LogP contribution in [0.15, 0.2) is 24.3 Å². The van der Waals surface area contributed by atoms with Crippen LogP contribution in [0.25, 0.3) is 0 Å². The molecule has 0 spiro atoms. The maximum Gasteiger partial charge on any atom is 0.231 e. The Morgan fingerprint density at radius 2 is 2.11 bits per heavy atom. The van der Waals surface area contributed by atoms with Crippen molar-refractivity contribution in [2.24, 2.45) is 5.92 Å². The Hall–Kier alpha value is -1.42. The molecule has 1 amide bonds. The Labute approximate surface area is 107 Å². The van der Waals surface area contributed by atoms with Gasteiger partial charge in [-0.3, -0.25) is 4.79 Å². The molecule has 2 rings (SSSR count). The van der Waals surface area contributed by atoms with Crippen molar-refractivity contribution in [3.63, 3.8) is 0 Å². The Morgan fingerprint density at radius 1 is 1.44 bits per heavy atom. The maximum absolute atomic E-state index is 12.9. The zero-order valence-electron chi connectivity index (χ0n) is 10.8. The van der Waals surface area contributed by atoms with Gasteiger partial charge in [-0.25, -0.2) is 4.39 Å². The van der Waals surface area contributed by atoms with Crippen LogP contribution in [-0.2, 0) is 4.79 Å². The summed E-state index contributed by atoms with van der Waals surface area (Å²) < 4.78 is 12.9. The Balaban J connectivity index is 2.17. The van der Waals surface area contributed by atoms with Gasteiger partial charge in [-0.2, -0.15) is 0 Å². The van der Waals surface area contributed by atoms with Crippen LogP contribution < -0.4 is 10.2 Å². The van der Waals surface area contributed by atoms with E-state index in [1.54, 1.807) is 17.0 Å². The Morgan fingerprint density at radius 3 is 2.61 bits per heavy atom. The first-order chi connectivity index (χ1) is 8.63. The molecule has 98 valence electrons. The van der Waals surface area contributed by atoms with Gasteiger partial charge in [-0.1, -0.05) is 0 Å². The van der Waals surface area contributed by atoms with Crippen LogP contribution in [0.3, 0.4) is 0 Å². The topological polar surface area (TPSA) is 32.3 Å². The standard InChI is InChI=1S/C14H19FN2O/c1-3-17(12-6-4-11(15)5-7-12)14(18)13-8-9-16-10(13)2/h4-7,10,13,16H,3,8-9H2,1-2H3. The molecular formula is C14H19FN2O. The van der Waals surface area contributed by atoms with Gasteiger partial charge in [0.05, 0.1) is 5.92 Å². The van der Waals surface area contributed by atoms with Gasteiger partial charge in [0.2, 0.25) is 5.91 Å². The molecular weight excluding hydrogens is 231 g/mol. The lowest BCUT2D eigenvalue weighted by Crippen LogP contribution is -2.40. The highest BCUT2D eigenvalue weighted by Crippen LogP contribution is 2.22. The number of rotatable bonds is 3. The highest BCUT2D eigenvalue weighted by molar-refractivity contribution is 5.95. The number of benzene rings is 1. The van der Waals surface area contributed by atoms with Gasteiger partial charge >= 0.3 is 0 Å². The van der Waals surface area contributed by atoms with Gasteiger partial charge < -0.3 is 10.2 Å². The summed E-state index contributed by atoms with van der Waals surface area (Å²) >= 11 is 0. The van der Waals surface area contributed by atoms with Crippen molar-refractivity contribution in [2.45, 2.75) is 26.3 Å². The molecule has 3 nitrogen and oxygen atoms in total. The average molecular weight is 250 g/mol. The third-order valence-corrected chi connectivity index (χ3v) is 3.56. The van der Waals surface area contributed by atoms with E-state index in [2.05, 4.69) is 5.32 Å². The average Bonchev–Trinajstić information content (AvgIpc) is 2.78. The Bertz CT molecular complexity index is 418. The molecule has 1 fully saturated rings. The minimum absolute atomic E-state index is 0.0232. The van der Waals surface area contributed by atoms with Crippen molar-refractivity contribution < 1.29 is 9.18 Å². The quantitative estimate of drug-likeness (QED) is 0.891. The monoisotopic (exact) mass is 250 g/mol. The molecule has 2 unspecified atom stereocenters. The summed E-state index contributed by atoms with van der Waals surface area (Å²) in [6.45, 7) is 5.47. The first-order valence-electron chi connectivity index (χ1n) is 6.43. The van der Waals surface area contributed by atoms with Crippen LogP contribution in [-0.4, -0.2) is 25.0 Å². The second-order valence-electron chi connectivity index (χ2n) is 4.70. The molecule has 0 saturated carbocycles. The fourth-order valence-corrected chi connectivity index (χ4v) is 2.48. The second kappa shape index (κ2) is 5.48. The zero-order valence-corrected chi connectivity index (χ0v) is 10.8. The van der Waals surface area contributed by atoms with E-state index in [0.29, 0.717) is 6.54 Å². The van der Waals surface area contributed by atoms with Crippen LogP contribution >= 0.6 is 0 Å². The number of nitrogens with one attached hydrogen (secondary N) is 1. The van der Waals surface area contributed by atoms with E-state index in [-0.39, 0.29) is 23.7 Å². The minimum Gasteiger partial charge on any atom is -0.313 e. The number of carbonyl (C=O) groups is 1. The summed E-state index contributed by atoms with van der Waals surface area (Å²) in [6, 6.07) is 6.31. The second-order valence-corrected chi connectivity index (χ2v) is 4.70. The van der Waals surface area contributed by atoms with E-state index in [1.165, 1.54) is 12.1 Å². The van der Waals surface area contributed by atoms with Gasteiger partial charge in [0.15, 0.2) is 0 Å². The molecule has 1 saturated heterocycles. The van der Waals surface area contributed by atoms with Gasteiger partial charge in [0.25, 0.3) is 0 Å². The summed E-state index contributed by atoms with van der Waals surface area (Å²) in [4.78, 5) is 14.2. The molecule has 1 aliphatic heterocycles. The lowest BCUT2D eigenvalue weighted by molar-refractivity contribution is -0.122. The third-order valence-electron chi connectivity index (χ3n) is 3.56. The van der Waals surface area contributed by atoms with Crippen molar-refractivity contribution in [3.8, 4) is 0 Å². The maximum atomic E-state index is 12.9. The number of amides is 1. The molecule has 0 aromatic heterocycles. The molecule has 2 atom stereocenters. The fraction of sp³-hybridized carbons (Fsp3) is 0.500. The molecule has 1 aromatic carbocycles. The fourth-order valence-electron chi connectivity index (χ4n) is 2.48. The highest BCUT2D eigenvalue weighted by Gasteiger charge is 2.32. The molecule has 1 heterocycles. The summed E-state index contributed by atoms with van der Waals surface area (Å²) in [5.41, 5.74) is 0.767. The largest absolute Gasteiger partial charge is 0.313 e.